The normalized spacial score (nSPS) is 24.9. The highest BCUT2D eigenvalue weighted by Crippen LogP contribution is 2.37. The molecule has 2 aliphatic rings. The maximum atomic E-state index is 13.3. The molecular formula is C27H30N3O+. The summed E-state index contributed by atoms with van der Waals surface area (Å²) in [6.07, 6.45) is 1.04. The smallest absolute Gasteiger partial charge is 0.319 e. The number of hydrogen-bond acceptors (Lipinski definition) is 1. The van der Waals surface area contributed by atoms with Crippen molar-refractivity contribution in [2.24, 2.45) is 0 Å². The summed E-state index contributed by atoms with van der Waals surface area (Å²) < 4.78 is 0.974. The SMILES string of the molecule is C[N@@+]1(Cc2ccccc2)CC[C@@H](N2CC(c3ccccc3)(c3ccccc3)NC2=O)C1. The Hall–Kier alpha value is -3.11. The molecule has 4 nitrogen and oxygen atoms in total. The Labute approximate surface area is 184 Å². The number of carbonyl (C=O) groups is 1. The number of nitrogens with zero attached hydrogens (tertiary/aromatic N) is 2. The zero-order chi connectivity index (χ0) is 21.3. The summed E-state index contributed by atoms with van der Waals surface area (Å²) in [7, 11) is 2.32. The molecule has 0 aromatic heterocycles. The summed E-state index contributed by atoms with van der Waals surface area (Å²) in [6.45, 7) is 3.75. The molecule has 2 atom stereocenters. The van der Waals surface area contributed by atoms with E-state index in [1.54, 1.807) is 0 Å². The molecule has 0 bridgehead atoms. The van der Waals surface area contributed by atoms with E-state index in [1.165, 1.54) is 5.56 Å². The number of urea groups is 1. The minimum atomic E-state index is -0.509. The van der Waals surface area contributed by atoms with E-state index in [2.05, 4.69) is 96.1 Å². The Morgan fingerprint density at radius 2 is 1.45 bits per heavy atom. The second-order valence-corrected chi connectivity index (χ2v) is 9.31. The van der Waals surface area contributed by atoms with E-state index in [1.807, 2.05) is 12.1 Å². The summed E-state index contributed by atoms with van der Waals surface area (Å²) in [6, 6.07) is 31.8. The summed E-state index contributed by atoms with van der Waals surface area (Å²) in [5.74, 6) is 0. The van der Waals surface area contributed by atoms with Crippen molar-refractivity contribution in [3.05, 3.63) is 108 Å². The van der Waals surface area contributed by atoms with Gasteiger partial charge in [-0.2, -0.15) is 0 Å². The van der Waals surface area contributed by atoms with E-state index in [4.69, 9.17) is 0 Å². The predicted molar refractivity (Wildman–Crippen MR) is 123 cm³/mol. The quantitative estimate of drug-likeness (QED) is 0.620. The monoisotopic (exact) mass is 412 g/mol. The highest BCUT2D eigenvalue weighted by atomic mass is 16.2. The second-order valence-electron chi connectivity index (χ2n) is 9.31. The molecule has 3 aromatic carbocycles. The minimum absolute atomic E-state index is 0.0471. The largest absolute Gasteiger partial charge is 0.323 e. The zero-order valence-electron chi connectivity index (χ0n) is 18.1. The predicted octanol–water partition coefficient (Wildman–Crippen LogP) is 4.37. The van der Waals surface area contributed by atoms with E-state index in [0.29, 0.717) is 6.54 Å². The lowest BCUT2D eigenvalue weighted by molar-refractivity contribution is -0.911. The van der Waals surface area contributed by atoms with Gasteiger partial charge >= 0.3 is 6.03 Å². The van der Waals surface area contributed by atoms with Gasteiger partial charge in [0, 0.05) is 12.0 Å². The average molecular weight is 413 g/mol. The molecule has 4 heteroatoms. The van der Waals surface area contributed by atoms with Gasteiger partial charge in [0.15, 0.2) is 0 Å². The molecule has 0 spiro atoms. The molecule has 2 amide bonds. The molecule has 0 unspecified atom stereocenters. The lowest BCUT2D eigenvalue weighted by Gasteiger charge is -2.32. The van der Waals surface area contributed by atoms with Gasteiger partial charge in [-0.25, -0.2) is 4.79 Å². The summed E-state index contributed by atoms with van der Waals surface area (Å²) in [5.41, 5.74) is 3.12. The molecule has 2 aliphatic heterocycles. The molecule has 5 rings (SSSR count). The van der Waals surface area contributed by atoms with Crippen LogP contribution in [0.5, 0.6) is 0 Å². The van der Waals surface area contributed by atoms with E-state index >= 15 is 0 Å². The molecule has 2 saturated heterocycles. The number of hydrogen-bond donors (Lipinski definition) is 1. The average Bonchev–Trinajstić information content (AvgIpc) is 3.36. The molecular weight excluding hydrogens is 382 g/mol. The third-order valence-corrected chi connectivity index (χ3v) is 7.02. The van der Waals surface area contributed by atoms with Crippen molar-refractivity contribution in [1.29, 1.82) is 0 Å². The fourth-order valence-electron chi connectivity index (χ4n) is 5.43. The Balaban J connectivity index is 1.41. The molecule has 0 saturated carbocycles. The molecule has 158 valence electrons. The third kappa shape index (κ3) is 3.72. The van der Waals surface area contributed by atoms with Crippen LogP contribution in [0, 0.1) is 0 Å². The highest BCUT2D eigenvalue weighted by molar-refractivity contribution is 5.80. The molecule has 31 heavy (non-hydrogen) atoms. The van der Waals surface area contributed by atoms with Crippen molar-refractivity contribution < 1.29 is 9.28 Å². The van der Waals surface area contributed by atoms with Crippen LogP contribution in [0.1, 0.15) is 23.1 Å². The molecule has 3 aromatic rings. The van der Waals surface area contributed by atoms with Crippen LogP contribution in [-0.4, -0.2) is 48.1 Å². The number of rotatable bonds is 5. The number of carbonyl (C=O) groups excluding carboxylic acids is 1. The van der Waals surface area contributed by atoms with Crippen LogP contribution < -0.4 is 5.32 Å². The van der Waals surface area contributed by atoms with Crippen LogP contribution in [0.2, 0.25) is 0 Å². The maximum Gasteiger partial charge on any atom is 0.319 e. The number of likely N-dealkylation sites (N-methyl/N-ethyl adjacent to an activating group) is 1. The van der Waals surface area contributed by atoms with E-state index in [0.717, 1.165) is 41.7 Å². The first-order chi connectivity index (χ1) is 15.1. The third-order valence-electron chi connectivity index (χ3n) is 7.02. The van der Waals surface area contributed by atoms with Crippen LogP contribution in [0.25, 0.3) is 0 Å². The number of nitrogens with one attached hydrogen (secondary N) is 1. The number of likely N-dealkylation sites (tertiary alicyclic amines) is 1. The van der Waals surface area contributed by atoms with Crippen LogP contribution in [0.15, 0.2) is 91.0 Å². The Morgan fingerprint density at radius 1 is 0.903 bits per heavy atom. The Kier molecular flexibility index (Phi) is 5.03. The first kappa shape index (κ1) is 19.8. The van der Waals surface area contributed by atoms with Crippen LogP contribution >= 0.6 is 0 Å². The van der Waals surface area contributed by atoms with E-state index in [-0.39, 0.29) is 12.1 Å². The maximum absolute atomic E-state index is 13.3. The van der Waals surface area contributed by atoms with Crippen LogP contribution in [0.3, 0.4) is 0 Å². The number of amides is 2. The van der Waals surface area contributed by atoms with Gasteiger partial charge in [-0.05, 0) is 11.1 Å². The number of quaternary nitrogens is 1. The Bertz CT molecular complexity index is 998. The van der Waals surface area contributed by atoms with Gasteiger partial charge in [-0.1, -0.05) is 91.0 Å². The fraction of sp³-hybridized carbons (Fsp3) is 0.296. The van der Waals surface area contributed by atoms with Crippen molar-refractivity contribution in [3.8, 4) is 0 Å². The minimum Gasteiger partial charge on any atom is -0.323 e. The van der Waals surface area contributed by atoms with Gasteiger partial charge in [0.2, 0.25) is 0 Å². The highest BCUT2D eigenvalue weighted by Gasteiger charge is 2.50. The topological polar surface area (TPSA) is 32.3 Å². The van der Waals surface area contributed by atoms with Gasteiger partial charge in [0.25, 0.3) is 0 Å². The molecule has 0 aliphatic carbocycles. The van der Waals surface area contributed by atoms with Crippen LogP contribution in [-0.2, 0) is 12.1 Å². The van der Waals surface area contributed by atoms with Crippen LogP contribution in [0.4, 0.5) is 4.79 Å². The van der Waals surface area contributed by atoms with Crippen molar-refractivity contribution in [2.45, 2.75) is 24.5 Å². The molecule has 2 heterocycles. The van der Waals surface area contributed by atoms with Crippen molar-refractivity contribution in [1.82, 2.24) is 10.2 Å². The van der Waals surface area contributed by atoms with E-state index in [9.17, 15) is 4.79 Å². The van der Waals surface area contributed by atoms with E-state index < -0.39 is 5.54 Å². The number of benzene rings is 3. The molecule has 2 fully saturated rings. The van der Waals surface area contributed by atoms with Crippen molar-refractivity contribution in [3.63, 3.8) is 0 Å². The zero-order valence-corrected chi connectivity index (χ0v) is 18.1. The second kappa shape index (κ2) is 7.86. The first-order valence-electron chi connectivity index (χ1n) is 11.2. The Morgan fingerprint density at radius 3 is 2.03 bits per heavy atom. The van der Waals surface area contributed by atoms with Gasteiger partial charge in [0.05, 0.1) is 32.7 Å². The fourth-order valence-corrected chi connectivity index (χ4v) is 5.43. The molecule has 0 radical (unpaired) electrons. The van der Waals surface area contributed by atoms with Gasteiger partial charge in [-0.15, -0.1) is 0 Å². The summed E-state index contributed by atoms with van der Waals surface area (Å²) >= 11 is 0. The standard InChI is InChI=1S/C27H29N3O/c1-30(19-22-11-5-2-6-12-22)18-17-25(20-30)29-21-27(28-26(29)31,23-13-7-3-8-14-23)24-15-9-4-10-16-24/h2-16,25H,17-21H2,1H3/p+1/t25-,30+/m1/s1. The summed E-state index contributed by atoms with van der Waals surface area (Å²) in [4.78, 5) is 15.4. The lowest BCUT2D eigenvalue weighted by atomic mass is 9.83. The molecule has 1 N–H and O–H groups in total. The lowest BCUT2D eigenvalue weighted by Crippen LogP contribution is -2.46. The van der Waals surface area contributed by atoms with Gasteiger partial charge in [-0.3, -0.25) is 0 Å². The van der Waals surface area contributed by atoms with Gasteiger partial charge < -0.3 is 14.7 Å². The summed E-state index contributed by atoms with van der Waals surface area (Å²) in [5, 5.41) is 3.38. The first-order valence-corrected chi connectivity index (χ1v) is 11.2. The van der Waals surface area contributed by atoms with Crippen molar-refractivity contribution >= 4 is 6.03 Å². The van der Waals surface area contributed by atoms with Crippen molar-refractivity contribution in [2.75, 3.05) is 26.7 Å². The van der Waals surface area contributed by atoms with Gasteiger partial charge in [0.1, 0.15) is 12.1 Å².